The standard InChI is InChI=1S/C30H33N5O2S2/c1-19(2)16-23(34(15-9-14-31)29(36)25-17-22-12-7-8-13-24(22)38-25)27-32-28-26(20(3)33-39-28)30(37)35(27)18-21-10-5-4-6-11-21/h4-8,10-13,17,19,23H,9,14-16,18,31H2,1-3H3. The molecule has 0 saturated heterocycles. The first-order valence-electron chi connectivity index (χ1n) is 13.3. The van der Waals surface area contributed by atoms with Crippen LogP contribution in [0, 0.1) is 12.8 Å². The number of aromatic nitrogens is 3. The molecule has 2 N–H and O–H groups in total. The van der Waals surface area contributed by atoms with Crippen LogP contribution in [0.1, 0.15) is 59.5 Å². The number of amides is 1. The first-order valence-corrected chi connectivity index (χ1v) is 14.9. The van der Waals surface area contributed by atoms with E-state index in [9.17, 15) is 9.59 Å². The van der Waals surface area contributed by atoms with E-state index in [4.69, 9.17) is 10.7 Å². The van der Waals surface area contributed by atoms with Crippen molar-refractivity contribution in [3.8, 4) is 0 Å². The van der Waals surface area contributed by atoms with Gasteiger partial charge in [0.25, 0.3) is 11.5 Å². The van der Waals surface area contributed by atoms with Crippen molar-refractivity contribution in [2.24, 2.45) is 11.7 Å². The Balaban J connectivity index is 1.68. The lowest BCUT2D eigenvalue weighted by Crippen LogP contribution is -2.40. The zero-order chi connectivity index (χ0) is 27.5. The third-order valence-electron chi connectivity index (χ3n) is 6.85. The van der Waals surface area contributed by atoms with Crippen LogP contribution in [0.15, 0.2) is 65.5 Å². The largest absolute Gasteiger partial charge is 0.330 e. The highest BCUT2D eigenvalue weighted by Crippen LogP contribution is 2.33. The smallest absolute Gasteiger partial charge is 0.264 e. The normalized spacial score (nSPS) is 12.4. The lowest BCUT2D eigenvalue weighted by atomic mass is 10.00. The van der Waals surface area contributed by atoms with Crippen molar-refractivity contribution in [1.82, 2.24) is 18.8 Å². The molecular weight excluding hydrogens is 526 g/mol. The second-order valence-electron chi connectivity index (χ2n) is 10.2. The van der Waals surface area contributed by atoms with E-state index in [0.717, 1.165) is 15.6 Å². The summed E-state index contributed by atoms with van der Waals surface area (Å²) in [7, 11) is 0. The summed E-state index contributed by atoms with van der Waals surface area (Å²) < 4.78 is 7.26. The number of aryl methyl sites for hydroxylation is 1. The molecule has 0 spiro atoms. The second kappa shape index (κ2) is 11.8. The van der Waals surface area contributed by atoms with Crippen molar-refractivity contribution < 1.29 is 4.79 Å². The average Bonchev–Trinajstić information content (AvgIpc) is 3.53. The number of rotatable bonds is 10. The molecule has 3 heterocycles. The van der Waals surface area contributed by atoms with Gasteiger partial charge in [0.2, 0.25) is 0 Å². The maximum absolute atomic E-state index is 14.2. The lowest BCUT2D eigenvalue weighted by molar-refractivity contribution is 0.0641. The van der Waals surface area contributed by atoms with Crippen molar-refractivity contribution in [1.29, 1.82) is 0 Å². The SMILES string of the molecule is Cc1nsc2nc(C(CC(C)C)N(CCCN)C(=O)c3cc4ccccc4s3)n(Cc3ccccc3)c(=O)c12. The average molecular weight is 560 g/mol. The zero-order valence-corrected chi connectivity index (χ0v) is 24.1. The first kappa shape index (κ1) is 27.2. The van der Waals surface area contributed by atoms with Gasteiger partial charge < -0.3 is 10.6 Å². The van der Waals surface area contributed by atoms with E-state index in [1.165, 1.54) is 22.9 Å². The van der Waals surface area contributed by atoms with E-state index >= 15 is 0 Å². The molecule has 2 aromatic carbocycles. The molecule has 3 aromatic heterocycles. The summed E-state index contributed by atoms with van der Waals surface area (Å²) in [6.45, 7) is 7.41. The van der Waals surface area contributed by atoms with Crippen LogP contribution in [0.4, 0.5) is 0 Å². The van der Waals surface area contributed by atoms with Crippen LogP contribution in [0.25, 0.3) is 20.3 Å². The van der Waals surface area contributed by atoms with Crippen LogP contribution in [-0.2, 0) is 6.54 Å². The maximum Gasteiger partial charge on any atom is 0.264 e. The third kappa shape index (κ3) is 5.66. The summed E-state index contributed by atoms with van der Waals surface area (Å²) in [5.41, 5.74) is 7.50. The Morgan fingerprint density at radius 1 is 1.10 bits per heavy atom. The summed E-state index contributed by atoms with van der Waals surface area (Å²) >= 11 is 2.73. The van der Waals surface area contributed by atoms with Gasteiger partial charge in [0.1, 0.15) is 5.82 Å². The number of benzene rings is 2. The Kier molecular flexibility index (Phi) is 8.20. The highest BCUT2D eigenvalue weighted by Gasteiger charge is 2.32. The van der Waals surface area contributed by atoms with Crippen molar-refractivity contribution in [2.45, 2.75) is 46.2 Å². The quantitative estimate of drug-likeness (QED) is 0.226. The van der Waals surface area contributed by atoms with E-state index < -0.39 is 6.04 Å². The van der Waals surface area contributed by atoms with Crippen LogP contribution >= 0.6 is 22.9 Å². The van der Waals surface area contributed by atoms with Crippen LogP contribution in [0.5, 0.6) is 0 Å². The van der Waals surface area contributed by atoms with Crippen molar-refractivity contribution in [2.75, 3.05) is 13.1 Å². The Labute approximate surface area is 236 Å². The summed E-state index contributed by atoms with van der Waals surface area (Å²) in [6, 6.07) is 19.5. The first-order chi connectivity index (χ1) is 18.9. The van der Waals surface area contributed by atoms with Gasteiger partial charge in [0.05, 0.1) is 28.5 Å². The van der Waals surface area contributed by atoms with Gasteiger partial charge in [-0.1, -0.05) is 62.4 Å². The van der Waals surface area contributed by atoms with Gasteiger partial charge in [0, 0.05) is 11.2 Å². The van der Waals surface area contributed by atoms with Gasteiger partial charge in [-0.3, -0.25) is 14.2 Å². The molecule has 1 atom stereocenters. The fourth-order valence-corrected chi connectivity index (χ4v) is 6.76. The van der Waals surface area contributed by atoms with Gasteiger partial charge in [-0.05, 0) is 66.8 Å². The fraction of sp³-hybridized carbons (Fsp3) is 0.333. The number of hydrogen-bond acceptors (Lipinski definition) is 7. The van der Waals surface area contributed by atoms with Crippen LogP contribution in [0.2, 0.25) is 0 Å². The Hall–Kier alpha value is -3.40. The summed E-state index contributed by atoms with van der Waals surface area (Å²) in [6.07, 6.45) is 1.31. The van der Waals surface area contributed by atoms with E-state index in [1.807, 2.05) is 72.5 Å². The molecule has 0 aliphatic rings. The van der Waals surface area contributed by atoms with Crippen molar-refractivity contribution in [3.63, 3.8) is 0 Å². The lowest BCUT2D eigenvalue weighted by Gasteiger charge is -2.33. The number of thiophene rings is 1. The predicted octanol–water partition coefficient (Wildman–Crippen LogP) is 6.00. The second-order valence-corrected chi connectivity index (χ2v) is 12.1. The Bertz CT molecular complexity index is 1620. The molecular formula is C30H33N5O2S2. The van der Waals surface area contributed by atoms with Crippen LogP contribution < -0.4 is 11.3 Å². The molecule has 0 aliphatic carbocycles. The summed E-state index contributed by atoms with van der Waals surface area (Å²) in [4.78, 5) is 36.4. The summed E-state index contributed by atoms with van der Waals surface area (Å²) in [5.74, 6) is 0.795. The molecule has 0 fully saturated rings. The van der Waals surface area contributed by atoms with Crippen molar-refractivity contribution in [3.05, 3.63) is 93.0 Å². The minimum absolute atomic E-state index is 0.0589. The number of fused-ring (bicyclic) bond motifs is 2. The van der Waals surface area contributed by atoms with Gasteiger partial charge in [-0.15, -0.1) is 11.3 Å². The third-order valence-corrected chi connectivity index (χ3v) is 8.79. The molecule has 0 radical (unpaired) electrons. The van der Waals surface area contributed by atoms with E-state index in [2.05, 4.69) is 18.2 Å². The number of nitrogens with two attached hydrogens (primary N) is 1. The van der Waals surface area contributed by atoms with Gasteiger partial charge >= 0.3 is 0 Å². The molecule has 9 heteroatoms. The number of nitrogens with zero attached hydrogens (tertiary/aromatic N) is 4. The topological polar surface area (TPSA) is 94.1 Å². The van der Waals surface area contributed by atoms with E-state index in [1.54, 1.807) is 4.57 Å². The predicted molar refractivity (Wildman–Crippen MR) is 161 cm³/mol. The molecule has 5 aromatic rings. The summed E-state index contributed by atoms with van der Waals surface area (Å²) in [5, 5.41) is 1.60. The molecule has 7 nitrogen and oxygen atoms in total. The highest BCUT2D eigenvalue weighted by atomic mass is 32.1. The molecule has 1 unspecified atom stereocenters. The molecule has 1 amide bonds. The van der Waals surface area contributed by atoms with E-state index in [0.29, 0.717) is 59.1 Å². The van der Waals surface area contributed by atoms with Crippen molar-refractivity contribution >= 4 is 49.1 Å². The minimum atomic E-state index is -0.405. The maximum atomic E-state index is 14.2. The Morgan fingerprint density at radius 2 is 1.85 bits per heavy atom. The van der Waals surface area contributed by atoms with Gasteiger partial charge in [-0.25, -0.2) is 4.98 Å². The van der Waals surface area contributed by atoms with Crippen LogP contribution in [0.3, 0.4) is 0 Å². The number of hydrogen-bond donors (Lipinski definition) is 1. The van der Waals surface area contributed by atoms with Crippen LogP contribution in [-0.4, -0.2) is 37.8 Å². The molecule has 39 heavy (non-hydrogen) atoms. The van der Waals surface area contributed by atoms with Gasteiger partial charge in [0.15, 0.2) is 4.83 Å². The number of carbonyl (C=O) groups excluding carboxylic acids is 1. The Morgan fingerprint density at radius 3 is 2.56 bits per heavy atom. The minimum Gasteiger partial charge on any atom is -0.330 e. The zero-order valence-electron chi connectivity index (χ0n) is 22.5. The molecule has 0 bridgehead atoms. The number of carbonyl (C=O) groups is 1. The molecule has 0 saturated carbocycles. The highest BCUT2D eigenvalue weighted by molar-refractivity contribution is 7.20. The fourth-order valence-electron chi connectivity index (χ4n) is 4.96. The van der Waals surface area contributed by atoms with E-state index in [-0.39, 0.29) is 17.4 Å². The molecule has 5 rings (SSSR count). The molecule has 202 valence electrons. The molecule has 0 aliphatic heterocycles. The monoisotopic (exact) mass is 559 g/mol. The van der Waals surface area contributed by atoms with Gasteiger partial charge in [-0.2, -0.15) is 4.37 Å².